The summed E-state index contributed by atoms with van der Waals surface area (Å²) in [5.74, 6) is 0.455. The average molecular weight is 328 g/mol. The van der Waals surface area contributed by atoms with Gasteiger partial charge in [0.1, 0.15) is 17.7 Å². The standard InChI is InChI=1S/C17H20N4O3/c1-23-9-14-8-15(19-12-18-14)20-16(22)21-10-17(11-21,24-2)13-6-4-3-5-7-13/h3-8,12H,9-11H2,1-2H3,(H,18,19,20,22). The first-order chi connectivity index (χ1) is 11.7. The molecule has 0 aliphatic carbocycles. The minimum atomic E-state index is -0.439. The number of aromatic nitrogens is 2. The van der Waals surface area contributed by atoms with Gasteiger partial charge in [0.05, 0.1) is 25.4 Å². The van der Waals surface area contributed by atoms with Crippen LogP contribution in [0.4, 0.5) is 10.6 Å². The summed E-state index contributed by atoms with van der Waals surface area (Å²) in [4.78, 5) is 22.2. The largest absolute Gasteiger partial charge is 0.378 e. The Bertz CT molecular complexity index is 702. The maximum absolute atomic E-state index is 12.4. The van der Waals surface area contributed by atoms with Crippen LogP contribution < -0.4 is 5.32 Å². The second kappa shape index (κ2) is 6.94. The van der Waals surface area contributed by atoms with Gasteiger partial charge in [-0.25, -0.2) is 14.8 Å². The van der Waals surface area contributed by atoms with Gasteiger partial charge in [-0.3, -0.25) is 5.32 Å². The van der Waals surface area contributed by atoms with E-state index >= 15 is 0 Å². The summed E-state index contributed by atoms with van der Waals surface area (Å²) >= 11 is 0. The van der Waals surface area contributed by atoms with Gasteiger partial charge in [0.25, 0.3) is 0 Å². The third-order valence-corrected chi connectivity index (χ3v) is 4.12. The smallest absolute Gasteiger partial charge is 0.323 e. The Labute approximate surface area is 140 Å². The van der Waals surface area contributed by atoms with Crippen molar-refractivity contribution in [3.63, 3.8) is 0 Å². The Morgan fingerprint density at radius 3 is 2.67 bits per heavy atom. The fraction of sp³-hybridized carbons (Fsp3) is 0.353. The molecule has 2 amide bonds. The fourth-order valence-corrected chi connectivity index (χ4v) is 2.77. The highest BCUT2D eigenvalue weighted by molar-refractivity contribution is 5.89. The van der Waals surface area contributed by atoms with Crippen LogP contribution in [0.25, 0.3) is 0 Å². The number of ether oxygens (including phenoxy) is 2. The van der Waals surface area contributed by atoms with Crippen molar-refractivity contribution in [1.82, 2.24) is 14.9 Å². The van der Waals surface area contributed by atoms with Gasteiger partial charge in [-0.15, -0.1) is 0 Å². The van der Waals surface area contributed by atoms with E-state index in [-0.39, 0.29) is 6.03 Å². The molecule has 2 heterocycles. The maximum atomic E-state index is 12.4. The van der Waals surface area contributed by atoms with Crippen LogP contribution in [-0.4, -0.2) is 48.2 Å². The number of carbonyl (C=O) groups excluding carboxylic acids is 1. The van der Waals surface area contributed by atoms with E-state index in [0.717, 1.165) is 5.56 Å². The summed E-state index contributed by atoms with van der Waals surface area (Å²) in [6, 6.07) is 11.4. The lowest BCUT2D eigenvalue weighted by molar-refractivity contribution is -0.109. The first-order valence-electron chi connectivity index (χ1n) is 7.63. The molecule has 0 saturated carbocycles. The molecule has 7 nitrogen and oxygen atoms in total. The number of nitrogens with zero attached hydrogens (tertiary/aromatic N) is 3. The van der Waals surface area contributed by atoms with E-state index in [1.807, 2.05) is 30.3 Å². The first-order valence-corrected chi connectivity index (χ1v) is 7.63. The Kier molecular flexibility index (Phi) is 4.73. The lowest BCUT2D eigenvalue weighted by Gasteiger charge is -2.49. The van der Waals surface area contributed by atoms with Crippen molar-refractivity contribution in [2.24, 2.45) is 0 Å². The van der Waals surface area contributed by atoms with Crippen LogP contribution in [0.15, 0.2) is 42.7 Å². The summed E-state index contributed by atoms with van der Waals surface area (Å²) in [6.45, 7) is 1.36. The summed E-state index contributed by atoms with van der Waals surface area (Å²) in [5.41, 5.74) is 1.34. The number of hydrogen-bond donors (Lipinski definition) is 1. The van der Waals surface area contributed by atoms with Gasteiger partial charge in [0.2, 0.25) is 0 Å². The van der Waals surface area contributed by atoms with E-state index in [1.165, 1.54) is 6.33 Å². The number of hydrogen-bond acceptors (Lipinski definition) is 5. The SMILES string of the molecule is COCc1cc(NC(=O)N2CC(OC)(c3ccccc3)C2)ncn1. The molecule has 0 spiro atoms. The van der Waals surface area contributed by atoms with Crippen molar-refractivity contribution in [3.05, 3.63) is 54.0 Å². The van der Waals surface area contributed by atoms with E-state index in [1.54, 1.807) is 25.2 Å². The van der Waals surface area contributed by atoms with Crippen LogP contribution in [0.1, 0.15) is 11.3 Å². The number of urea groups is 1. The van der Waals surface area contributed by atoms with Gasteiger partial charge in [0.15, 0.2) is 0 Å². The van der Waals surface area contributed by atoms with Gasteiger partial charge in [-0.05, 0) is 5.56 Å². The molecule has 0 bridgehead atoms. The van der Waals surface area contributed by atoms with E-state index < -0.39 is 5.60 Å². The van der Waals surface area contributed by atoms with Crippen molar-refractivity contribution < 1.29 is 14.3 Å². The Hall–Kier alpha value is -2.51. The molecule has 3 rings (SSSR count). The van der Waals surface area contributed by atoms with Crippen molar-refractivity contribution in [3.8, 4) is 0 Å². The number of amides is 2. The van der Waals surface area contributed by atoms with Gasteiger partial charge in [-0.1, -0.05) is 30.3 Å². The van der Waals surface area contributed by atoms with Crippen molar-refractivity contribution in [2.45, 2.75) is 12.2 Å². The van der Waals surface area contributed by atoms with Crippen LogP contribution in [-0.2, 0) is 21.7 Å². The van der Waals surface area contributed by atoms with Gasteiger partial charge in [0, 0.05) is 20.3 Å². The lowest BCUT2D eigenvalue weighted by atomic mass is 9.86. The summed E-state index contributed by atoms with van der Waals surface area (Å²) in [6.07, 6.45) is 1.41. The highest BCUT2D eigenvalue weighted by atomic mass is 16.5. The van der Waals surface area contributed by atoms with Crippen molar-refractivity contribution in [1.29, 1.82) is 0 Å². The first kappa shape index (κ1) is 16.4. The predicted octanol–water partition coefficient (Wildman–Crippen LogP) is 2.01. The van der Waals surface area contributed by atoms with Gasteiger partial charge in [-0.2, -0.15) is 0 Å². The van der Waals surface area contributed by atoms with Crippen LogP contribution >= 0.6 is 0 Å². The fourth-order valence-electron chi connectivity index (χ4n) is 2.77. The number of benzene rings is 1. The number of carbonyl (C=O) groups is 1. The molecule has 7 heteroatoms. The molecule has 2 aromatic rings. The second-order valence-corrected chi connectivity index (χ2v) is 5.68. The molecule has 126 valence electrons. The summed E-state index contributed by atoms with van der Waals surface area (Å²) in [5, 5.41) is 2.78. The normalized spacial score (nSPS) is 15.7. The zero-order chi connectivity index (χ0) is 17.0. The molecule has 1 saturated heterocycles. The molecular formula is C17H20N4O3. The molecule has 0 unspecified atom stereocenters. The Morgan fingerprint density at radius 1 is 1.25 bits per heavy atom. The molecular weight excluding hydrogens is 308 g/mol. The van der Waals surface area contributed by atoms with Crippen molar-refractivity contribution >= 4 is 11.8 Å². The van der Waals surface area contributed by atoms with Gasteiger partial charge < -0.3 is 14.4 Å². The highest BCUT2D eigenvalue weighted by Gasteiger charge is 2.47. The summed E-state index contributed by atoms with van der Waals surface area (Å²) < 4.78 is 10.7. The Balaban J connectivity index is 1.63. The third-order valence-electron chi connectivity index (χ3n) is 4.12. The summed E-state index contributed by atoms with van der Waals surface area (Å²) in [7, 11) is 3.26. The van der Waals surface area contributed by atoms with Crippen LogP contribution in [0.5, 0.6) is 0 Å². The molecule has 1 aromatic carbocycles. The molecule has 1 aliphatic heterocycles. The maximum Gasteiger partial charge on any atom is 0.323 e. The molecule has 1 fully saturated rings. The number of anilines is 1. The Morgan fingerprint density at radius 2 is 2.00 bits per heavy atom. The molecule has 1 aliphatic rings. The number of rotatable bonds is 5. The van der Waals surface area contributed by atoms with Crippen molar-refractivity contribution in [2.75, 3.05) is 32.6 Å². The van der Waals surface area contributed by atoms with Crippen LogP contribution in [0.2, 0.25) is 0 Å². The average Bonchev–Trinajstić information content (AvgIpc) is 2.56. The molecule has 0 radical (unpaired) electrons. The lowest BCUT2D eigenvalue weighted by Crippen LogP contribution is -2.63. The third kappa shape index (κ3) is 3.22. The zero-order valence-corrected chi connectivity index (χ0v) is 13.7. The molecule has 0 atom stereocenters. The number of likely N-dealkylation sites (tertiary alicyclic amines) is 1. The minimum Gasteiger partial charge on any atom is -0.378 e. The molecule has 24 heavy (non-hydrogen) atoms. The minimum absolute atomic E-state index is 0.208. The van der Waals surface area contributed by atoms with E-state index in [4.69, 9.17) is 9.47 Å². The van der Waals surface area contributed by atoms with E-state index in [2.05, 4.69) is 15.3 Å². The number of methoxy groups -OCH3 is 2. The van der Waals surface area contributed by atoms with Gasteiger partial charge >= 0.3 is 6.03 Å². The zero-order valence-electron chi connectivity index (χ0n) is 13.7. The topological polar surface area (TPSA) is 76.6 Å². The molecule has 1 N–H and O–H groups in total. The monoisotopic (exact) mass is 328 g/mol. The van der Waals surface area contributed by atoms with E-state index in [9.17, 15) is 4.79 Å². The van der Waals surface area contributed by atoms with E-state index in [0.29, 0.717) is 31.2 Å². The second-order valence-electron chi connectivity index (χ2n) is 5.68. The quantitative estimate of drug-likeness (QED) is 0.908. The highest BCUT2D eigenvalue weighted by Crippen LogP contribution is 2.35. The molecule has 1 aromatic heterocycles. The van der Waals surface area contributed by atoms with Crippen LogP contribution in [0.3, 0.4) is 0 Å². The predicted molar refractivity (Wildman–Crippen MR) is 88.5 cm³/mol. The number of nitrogens with one attached hydrogen (secondary N) is 1. The van der Waals surface area contributed by atoms with Crippen LogP contribution in [0, 0.1) is 0 Å².